The number of rotatable bonds is 5. The molecule has 0 aliphatic rings. The summed E-state index contributed by atoms with van der Waals surface area (Å²) in [6.45, 7) is 1.97. The largest absolute Gasteiger partial charge is 0.493 e. The second-order valence-electron chi connectivity index (χ2n) is 4.04. The van der Waals surface area contributed by atoms with Crippen LogP contribution in [0.4, 0.5) is 0 Å². The molecule has 0 amide bonds. The molecular weight excluding hydrogens is 244 g/mol. The molecule has 1 atom stereocenters. The zero-order valence-electron chi connectivity index (χ0n) is 10.9. The standard InChI is InChI=1S/C14H16N2O3/c1-10(17)11-4-5-12(13(8-11)18-2)19-9-14-15-6-3-7-16-14/h3-8,10,17H,9H2,1-2H3/t10-/m0/s1. The highest BCUT2D eigenvalue weighted by Gasteiger charge is 2.09. The fraction of sp³-hybridized carbons (Fsp3) is 0.286. The lowest BCUT2D eigenvalue weighted by molar-refractivity contribution is 0.198. The molecule has 0 spiro atoms. The zero-order valence-corrected chi connectivity index (χ0v) is 10.9. The number of methoxy groups -OCH3 is 1. The number of hydrogen-bond donors (Lipinski definition) is 1. The maximum absolute atomic E-state index is 9.53. The molecule has 0 radical (unpaired) electrons. The van der Waals surface area contributed by atoms with E-state index in [2.05, 4.69) is 9.97 Å². The van der Waals surface area contributed by atoms with Crippen molar-refractivity contribution in [2.24, 2.45) is 0 Å². The summed E-state index contributed by atoms with van der Waals surface area (Å²) in [6, 6.07) is 7.07. The Labute approximate surface area is 111 Å². The molecule has 1 aromatic heterocycles. The number of benzene rings is 1. The summed E-state index contributed by atoms with van der Waals surface area (Å²) in [5.74, 6) is 1.78. The first-order valence-corrected chi connectivity index (χ1v) is 5.95. The second-order valence-corrected chi connectivity index (χ2v) is 4.04. The van der Waals surface area contributed by atoms with Gasteiger partial charge in [0.2, 0.25) is 0 Å². The molecule has 2 rings (SSSR count). The molecule has 0 saturated carbocycles. The van der Waals surface area contributed by atoms with E-state index >= 15 is 0 Å². The van der Waals surface area contributed by atoms with Gasteiger partial charge in [-0.2, -0.15) is 0 Å². The lowest BCUT2D eigenvalue weighted by Crippen LogP contribution is -2.02. The predicted molar refractivity (Wildman–Crippen MR) is 70.0 cm³/mol. The summed E-state index contributed by atoms with van der Waals surface area (Å²) in [4.78, 5) is 8.16. The van der Waals surface area contributed by atoms with Crippen molar-refractivity contribution in [2.45, 2.75) is 19.6 Å². The zero-order chi connectivity index (χ0) is 13.7. The van der Waals surface area contributed by atoms with Crippen molar-refractivity contribution in [2.75, 3.05) is 7.11 Å². The molecule has 0 bridgehead atoms. The van der Waals surface area contributed by atoms with Crippen LogP contribution in [-0.2, 0) is 6.61 Å². The Kier molecular flexibility index (Phi) is 4.30. The Morgan fingerprint density at radius 3 is 2.58 bits per heavy atom. The van der Waals surface area contributed by atoms with Crippen molar-refractivity contribution in [3.05, 3.63) is 48.0 Å². The van der Waals surface area contributed by atoms with Crippen LogP contribution < -0.4 is 9.47 Å². The number of aliphatic hydroxyl groups is 1. The molecule has 0 aliphatic heterocycles. The molecule has 2 aromatic rings. The third-order valence-corrected chi connectivity index (χ3v) is 2.65. The van der Waals surface area contributed by atoms with Crippen molar-refractivity contribution in [1.29, 1.82) is 0 Å². The number of ether oxygens (including phenoxy) is 2. The second kappa shape index (κ2) is 6.15. The van der Waals surface area contributed by atoms with E-state index in [-0.39, 0.29) is 6.61 Å². The lowest BCUT2D eigenvalue weighted by atomic mass is 10.1. The van der Waals surface area contributed by atoms with E-state index in [9.17, 15) is 5.11 Å². The topological polar surface area (TPSA) is 64.5 Å². The Morgan fingerprint density at radius 2 is 1.95 bits per heavy atom. The summed E-state index contributed by atoms with van der Waals surface area (Å²) in [7, 11) is 1.56. The average molecular weight is 260 g/mol. The molecule has 1 heterocycles. The van der Waals surface area contributed by atoms with Crippen LogP contribution in [0.15, 0.2) is 36.7 Å². The summed E-state index contributed by atoms with van der Waals surface area (Å²) < 4.78 is 10.9. The van der Waals surface area contributed by atoms with E-state index in [0.717, 1.165) is 5.56 Å². The minimum absolute atomic E-state index is 0.269. The van der Waals surface area contributed by atoms with E-state index in [4.69, 9.17) is 9.47 Å². The van der Waals surface area contributed by atoms with Crippen LogP contribution >= 0.6 is 0 Å². The summed E-state index contributed by atoms with van der Waals surface area (Å²) in [6.07, 6.45) is 2.79. The molecule has 0 unspecified atom stereocenters. The van der Waals surface area contributed by atoms with Crippen LogP contribution in [0.2, 0.25) is 0 Å². The summed E-state index contributed by atoms with van der Waals surface area (Å²) in [5, 5.41) is 9.53. The van der Waals surface area contributed by atoms with Gasteiger partial charge in [0.1, 0.15) is 6.61 Å². The predicted octanol–water partition coefficient (Wildman–Crippen LogP) is 2.12. The van der Waals surface area contributed by atoms with Crippen molar-refractivity contribution < 1.29 is 14.6 Å². The Balaban J connectivity index is 2.12. The van der Waals surface area contributed by atoms with Crippen LogP contribution in [0.3, 0.4) is 0 Å². The van der Waals surface area contributed by atoms with Crippen molar-refractivity contribution in [3.8, 4) is 11.5 Å². The molecular formula is C14H16N2O3. The van der Waals surface area contributed by atoms with Gasteiger partial charge in [0.25, 0.3) is 0 Å². The first kappa shape index (κ1) is 13.3. The van der Waals surface area contributed by atoms with Gasteiger partial charge in [-0.15, -0.1) is 0 Å². The Bertz CT molecular complexity index is 529. The van der Waals surface area contributed by atoms with Gasteiger partial charge in [0, 0.05) is 12.4 Å². The summed E-state index contributed by atoms with van der Waals surface area (Å²) in [5.41, 5.74) is 0.778. The molecule has 19 heavy (non-hydrogen) atoms. The van der Waals surface area contributed by atoms with Gasteiger partial charge in [-0.3, -0.25) is 0 Å². The molecule has 0 aliphatic carbocycles. The monoisotopic (exact) mass is 260 g/mol. The fourth-order valence-electron chi connectivity index (χ4n) is 1.61. The molecule has 100 valence electrons. The van der Waals surface area contributed by atoms with Gasteiger partial charge in [-0.1, -0.05) is 6.07 Å². The maximum atomic E-state index is 9.53. The van der Waals surface area contributed by atoms with Crippen LogP contribution in [0.25, 0.3) is 0 Å². The van der Waals surface area contributed by atoms with Crippen molar-refractivity contribution >= 4 is 0 Å². The maximum Gasteiger partial charge on any atom is 0.166 e. The van der Waals surface area contributed by atoms with Crippen molar-refractivity contribution in [1.82, 2.24) is 9.97 Å². The third-order valence-electron chi connectivity index (χ3n) is 2.65. The molecule has 0 fully saturated rings. The van der Waals surface area contributed by atoms with Crippen LogP contribution in [0, 0.1) is 0 Å². The molecule has 1 N–H and O–H groups in total. The minimum Gasteiger partial charge on any atom is -0.493 e. The molecule has 1 aromatic carbocycles. The van der Waals surface area contributed by atoms with E-state index < -0.39 is 6.10 Å². The van der Waals surface area contributed by atoms with Crippen LogP contribution in [-0.4, -0.2) is 22.2 Å². The van der Waals surface area contributed by atoms with E-state index in [1.807, 2.05) is 0 Å². The van der Waals surface area contributed by atoms with Gasteiger partial charge in [-0.25, -0.2) is 9.97 Å². The average Bonchev–Trinajstić information content (AvgIpc) is 2.45. The number of nitrogens with zero attached hydrogens (tertiary/aromatic N) is 2. The molecule has 5 nitrogen and oxygen atoms in total. The number of hydrogen-bond acceptors (Lipinski definition) is 5. The first-order chi connectivity index (χ1) is 9.20. The van der Waals surface area contributed by atoms with E-state index in [1.54, 1.807) is 50.7 Å². The lowest BCUT2D eigenvalue weighted by Gasteiger charge is -2.12. The molecule has 5 heteroatoms. The van der Waals surface area contributed by atoms with Gasteiger partial charge < -0.3 is 14.6 Å². The minimum atomic E-state index is -0.541. The molecule has 0 saturated heterocycles. The van der Waals surface area contributed by atoms with Gasteiger partial charge in [0.15, 0.2) is 17.3 Å². The first-order valence-electron chi connectivity index (χ1n) is 5.95. The third kappa shape index (κ3) is 3.42. The van der Waals surface area contributed by atoms with Gasteiger partial charge >= 0.3 is 0 Å². The van der Waals surface area contributed by atoms with Gasteiger partial charge in [-0.05, 0) is 30.7 Å². The van der Waals surface area contributed by atoms with Crippen molar-refractivity contribution in [3.63, 3.8) is 0 Å². The smallest absolute Gasteiger partial charge is 0.166 e. The normalized spacial score (nSPS) is 11.9. The Hall–Kier alpha value is -2.14. The SMILES string of the molecule is COc1cc([C@H](C)O)ccc1OCc1ncccn1. The van der Waals surface area contributed by atoms with E-state index in [1.165, 1.54) is 0 Å². The Morgan fingerprint density at radius 1 is 1.21 bits per heavy atom. The number of aromatic nitrogens is 2. The van der Waals surface area contributed by atoms with E-state index in [0.29, 0.717) is 17.3 Å². The highest BCUT2D eigenvalue weighted by Crippen LogP contribution is 2.30. The fourth-order valence-corrected chi connectivity index (χ4v) is 1.61. The van der Waals surface area contributed by atoms with Crippen LogP contribution in [0.1, 0.15) is 24.4 Å². The highest BCUT2D eigenvalue weighted by atomic mass is 16.5. The number of aliphatic hydroxyl groups excluding tert-OH is 1. The van der Waals surface area contributed by atoms with Gasteiger partial charge in [0.05, 0.1) is 13.2 Å². The quantitative estimate of drug-likeness (QED) is 0.892. The highest BCUT2D eigenvalue weighted by molar-refractivity contribution is 5.43. The summed E-state index contributed by atoms with van der Waals surface area (Å²) >= 11 is 0. The van der Waals surface area contributed by atoms with Crippen LogP contribution in [0.5, 0.6) is 11.5 Å².